The van der Waals surface area contributed by atoms with Gasteiger partial charge in [-0.15, -0.1) is 0 Å². The number of carbonyl (C=O) groups is 1. The van der Waals surface area contributed by atoms with Gasteiger partial charge < -0.3 is 5.32 Å². The van der Waals surface area contributed by atoms with E-state index in [0.717, 1.165) is 6.42 Å². The molecule has 22 heavy (non-hydrogen) atoms. The predicted molar refractivity (Wildman–Crippen MR) is 87.2 cm³/mol. The van der Waals surface area contributed by atoms with Crippen molar-refractivity contribution >= 4 is 27.3 Å². The highest BCUT2D eigenvalue weighted by molar-refractivity contribution is 7.92. The maximum absolute atomic E-state index is 12.2. The average Bonchev–Trinajstić information content (AvgIpc) is 2.48. The minimum absolute atomic E-state index is 0.0829. The third-order valence-corrected chi connectivity index (χ3v) is 4.35. The quantitative estimate of drug-likeness (QED) is 0.858. The molecule has 0 saturated carbocycles. The first kappa shape index (κ1) is 16.0. The van der Waals surface area contributed by atoms with E-state index in [2.05, 4.69) is 10.0 Å². The van der Waals surface area contributed by atoms with Crippen molar-refractivity contribution in [2.24, 2.45) is 0 Å². The van der Waals surface area contributed by atoms with E-state index in [-0.39, 0.29) is 10.8 Å². The number of carbonyl (C=O) groups excluding carboxylic acids is 1. The largest absolute Gasteiger partial charge is 0.326 e. The smallest absolute Gasteiger partial charge is 0.261 e. The van der Waals surface area contributed by atoms with Crippen molar-refractivity contribution in [2.45, 2.75) is 24.7 Å². The molecule has 0 aromatic heterocycles. The van der Waals surface area contributed by atoms with Crippen LogP contribution in [0.2, 0.25) is 0 Å². The molecule has 0 aliphatic carbocycles. The number of hydrogen-bond donors (Lipinski definition) is 2. The lowest BCUT2D eigenvalue weighted by molar-refractivity contribution is -0.116. The Morgan fingerprint density at radius 2 is 1.59 bits per heavy atom. The van der Waals surface area contributed by atoms with Crippen LogP contribution < -0.4 is 10.0 Å². The van der Waals surface area contributed by atoms with E-state index in [1.807, 2.05) is 13.0 Å². The fraction of sp³-hybridized carbons (Fsp3) is 0.188. The van der Waals surface area contributed by atoms with Crippen molar-refractivity contribution < 1.29 is 13.2 Å². The minimum atomic E-state index is -3.63. The second-order valence-electron chi connectivity index (χ2n) is 4.79. The molecule has 0 unspecified atom stereocenters. The first-order chi connectivity index (χ1) is 10.5. The minimum Gasteiger partial charge on any atom is -0.326 e. The number of hydrogen-bond acceptors (Lipinski definition) is 3. The van der Waals surface area contributed by atoms with Crippen LogP contribution in [0, 0.1) is 0 Å². The second-order valence-corrected chi connectivity index (χ2v) is 6.48. The van der Waals surface area contributed by atoms with Crippen LogP contribution in [-0.2, 0) is 14.8 Å². The lowest BCUT2D eigenvalue weighted by Gasteiger charge is -2.09. The third kappa shape index (κ3) is 4.33. The molecule has 0 radical (unpaired) electrons. The summed E-state index contributed by atoms with van der Waals surface area (Å²) in [4.78, 5) is 11.6. The van der Waals surface area contributed by atoms with E-state index >= 15 is 0 Å². The van der Waals surface area contributed by atoms with Gasteiger partial charge in [-0.2, -0.15) is 0 Å². The van der Waals surface area contributed by atoms with Gasteiger partial charge in [0, 0.05) is 17.8 Å². The Balaban J connectivity index is 2.10. The van der Waals surface area contributed by atoms with Crippen LogP contribution in [0.15, 0.2) is 59.5 Å². The molecule has 5 nitrogen and oxygen atoms in total. The van der Waals surface area contributed by atoms with Crippen molar-refractivity contribution in [3.63, 3.8) is 0 Å². The summed E-state index contributed by atoms with van der Waals surface area (Å²) in [7, 11) is -3.63. The normalized spacial score (nSPS) is 11.0. The molecule has 2 aromatic carbocycles. The van der Waals surface area contributed by atoms with Gasteiger partial charge in [-0.25, -0.2) is 8.42 Å². The van der Waals surface area contributed by atoms with Gasteiger partial charge in [0.2, 0.25) is 5.91 Å². The van der Waals surface area contributed by atoms with Crippen molar-refractivity contribution in [1.29, 1.82) is 0 Å². The molecule has 0 atom stereocenters. The monoisotopic (exact) mass is 318 g/mol. The van der Waals surface area contributed by atoms with Gasteiger partial charge in [0.15, 0.2) is 0 Å². The summed E-state index contributed by atoms with van der Waals surface area (Å²) in [5.74, 6) is -0.0829. The maximum atomic E-state index is 12.2. The van der Waals surface area contributed by atoms with E-state index in [1.54, 1.807) is 36.4 Å². The predicted octanol–water partition coefficient (Wildman–Crippen LogP) is 3.23. The summed E-state index contributed by atoms with van der Waals surface area (Å²) < 4.78 is 27.0. The molecule has 2 aromatic rings. The number of sulfonamides is 1. The molecule has 0 spiro atoms. The van der Waals surface area contributed by atoms with Crippen LogP contribution in [0.3, 0.4) is 0 Å². The Morgan fingerprint density at radius 3 is 2.18 bits per heavy atom. The number of nitrogens with one attached hydrogen (secondary N) is 2. The van der Waals surface area contributed by atoms with Gasteiger partial charge in [0.05, 0.1) is 4.90 Å². The van der Waals surface area contributed by atoms with E-state index < -0.39 is 10.0 Å². The topological polar surface area (TPSA) is 75.3 Å². The molecule has 0 aliphatic heterocycles. The molecule has 0 aliphatic rings. The molecule has 0 saturated heterocycles. The van der Waals surface area contributed by atoms with Crippen molar-refractivity contribution in [3.05, 3.63) is 54.6 Å². The van der Waals surface area contributed by atoms with E-state index in [9.17, 15) is 13.2 Å². The summed E-state index contributed by atoms with van der Waals surface area (Å²) in [5, 5.41) is 2.72. The van der Waals surface area contributed by atoms with Crippen molar-refractivity contribution in [1.82, 2.24) is 0 Å². The maximum Gasteiger partial charge on any atom is 0.261 e. The number of rotatable bonds is 6. The summed E-state index contributed by atoms with van der Waals surface area (Å²) in [6.07, 6.45) is 1.20. The lowest BCUT2D eigenvalue weighted by Crippen LogP contribution is -2.13. The van der Waals surface area contributed by atoms with Gasteiger partial charge in [0.25, 0.3) is 10.0 Å². The van der Waals surface area contributed by atoms with Gasteiger partial charge in [-0.1, -0.05) is 25.1 Å². The summed E-state index contributed by atoms with van der Waals surface area (Å²) >= 11 is 0. The Kier molecular flexibility index (Phi) is 5.16. The van der Waals surface area contributed by atoms with Gasteiger partial charge in [-0.3, -0.25) is 9.52 Å². The third-order valence-electron chi connectivity index (χ3n) is 2.95. The molecule has 2 rings (SSSR count). The molecule has 0 fully saturated rings. The first-order valence-electron chi connectivity index (χ1n) is 6.99. The highest BCUT2D eigenvalue weighted by Crippen LogP contribution is 2.18. The highest BCUT2D eigenvalue weighted by atomic mass is 32.2. The number of benzene rings is 2. The van der Waals surface area contributed by atoms with E-state index in [0.29, 0.717) is 17.8 Å². The number of para-hydroxylation sites is 1. The standard InChI is InChI=1S/C16H18N2O3S/c1-2-6-16(19)17-13-9-11-15(12-10-13)22(20,21)18-14-7-4-3-5-8-14/h3-5,7-12,18H,2,6H2,1H3,(H,17,19). The summed E-state index contributed by atoms with van der Waals surface area (Å²) in [5.41, 5.74) is 1.08. The average molecular weight is 318 g/mol. The highest BCUT2D eigenvalue weighted by Gasteiger charge is 2.14. The molecule has 1 amide bonds. The zero-order valence-corrected chi connectivity index (χ0v) is 13.1. The van der Waals surface area contributed by atoms with Gasteiger partial charge >= 0.3 is 0 Å². The van der Waals surface area contributed by atoms with Crippen LogP contribution in [-0.4, -0.2) is 14.3 Å². The van der Waals surface area contributed by atoms with Gasteiger partial charge in [0.1, 0.15) is 0 Å². The van der Waals surface area contributed by atoms with Crippen LogP contribution in [0.25, 0.3) is 0 Å². The molecule has 6 heteroatoms. The first-order valence-corrected chi connectivity index (χ1v) is 8.47. The SMILES string of the molecule is CCCC(=O)Nc1ccc(S(=O)(=O)Nc2ccccc2)cc1. The van der Waals surface area contributed by atoms with E-state index in [1.165, 1.54) is 12.1 Å². The molecular formula is C16H18N2O3S. The zero-order chi connectivity index (χ0) is 16.0. The van der Waals surface area contributed by atoms with E-state index in [4.69, 9.17) is 0 Å². The summed E-state index contributed by atoms with van der Waals surface area (Å²) in [6.45, 7) is 1.92. The Morgan fingerprint density at radius 1 is 0.955 bits per heavy atom. The van der Waals surface area contributed by atoms with Crippen LogP contribution in [0.1, 0.15) is 19.8 Å². The van der Waals surface area contributed by atoms with Crippen molar-refractivity contribution in [2.75, 3.05) is 10.0 Å². The molecule has 2 N–H and O–H groups in total. The fourth-order valence-corrected chi connectivity index (χ4v) is 2.95. The number of anilines is 2. The molecule has 116 valence electrons. The number of amides is 1. The van der Waals surface area contributed by atoms with Crippen molar-refractivity contribution in [3.8, 4) is 0 Å². The summed E-state index contributed by atoms with van der Waals surface area (Å²) in [6, 6.07) is 14.8. The van der Waals surface area contributed by atoms with Gasteiger partial charge in [-0.05, 0) is 42.8 Å². The molecular weight excluding hydrogens is 300 g/mol. The van der Waals surface area contributed by atoms with Crippen LogP contribution >= 0.6 is 0 Å². The Bertz CT molecular complexity index is 726. The Hall–Kier alpha value is -2.34. The van der Waals surface area contributed by atoms with Crippen LogP contribution in [0.4, 0.5) is 11.4 Å². The second kappa shape index (κ2) is 7.09. The molecule has 0 bridgehead atoms. The van der Waals surface area contributed by atoms with Crippen LogP contribution in [0.5, 0.6) is 0 Å². The fourth-order valence-electron chi connectivity index (χ4n) is 1.89. The molecule has 0 heterocycles. The lowest BCUT2D eigenvalue weighted by atomic mass is 10.3. The zero-order valence-electron chi connectivity index (χ0n) is 12.2. The Labute approximate surface area is 130 Å².